The Hall–Kier alpha value is -1.89. The number of nitrogens with zero attached hydrogens (tertiary/aromatic N) is 1. The molecule has 0 amide bonds. The third-order valence-electron chi connectivity index (χ3n) is 5.47. The van der Waals surface area contributed by atoms with Crippen LogP contribution in [-0.2, 0) is 16.1 Å². The Kier molecular flexibility index (Phi) is 10.2. The van der Waals surface area contributed by atoms with Crippen molar-refractivity contribution in [3.63, 3.8) is 0 Å². The van der Waals surface area contributed by atoms with E-state index in [-0.39, 0.29) is 0 Å². The number of hydrogen-bond donors (Lipinski definition) is 3. The fourth-order valence-corrected chi connectivity index (χ4v) is 4.18. The van der Waals surface area contributed by atoms with Crippen molar-refractivity contribution < 1.29 is 19.8 Å². The zero-order valence-corrected chi connectivity index (χ0v) is 17.5. The summed E-state index contributed by atoms with van der Waals surface area (Å²) in [5, 5.41) is 20.1. The number of carbonyl (C=O) groups is 2. The number of benzene rings is 1. The van der Waals surface area contributed by atoms with E-state index < -0.39 is 11.9 Å². The van der Waals surface area contributed by atoms with Crippen LogP contribution in [0.2, 0.25) is 5.02 Å². The summed E-state index contributed by atoms with van der Waals surface area (Å²) in [6.45, 7) is 4.55. The summed E-state index contributed by atoms with van der Waals surface area (Å²) >= 11 is 6.38. The van der Waals surface area contributed by atoms with Gasteiger partial charge < -0.3 is 15.5 Å². The fourth-order valence-electron chi connectivity index (χ4n) is 3.98. The van der Waals surface area contributed by atoms with Gasteiger partial charge in [-0.05, 0) is 43.4 Å². The van der Waals surface area contributed by atoms with Crippen LogP contribution < -0.4 is 5.32 Å². The lowest BCUT2D eigenvalue weighted by molar-refractivity contribution is -0.134. The number of carboxylic acids is 2. The van der Waals surface area contributed by atoms with E-state index in [9.17, 15) is 9.59 Å². The van der Waals surface area contributed by atoms with Gasteiger partial charge in [-0.3, -0.25) is 4.90 Å². The molecule has 0 bridgehead atoms. The fraction of sp³-hybridized carbons (Fsp3) is 0.545. The van der Waals surface area contributed by atoms with Gasteiger partial charge in [-0.15, -0.1) is 0 Å². The number of carboxylic acid groups (broad SMARTS) is 2. The molecular formula is C22H31ClN2O4. The monoisotopic (exact) mass is 422 g/mol. The SMILES string of the molecule is Clc1ccccc1CN(CC1CCCCC1)[C@H]1CCNC1.O=C(O)/C=C/C(=O)O. The van der Waals surface area contributed by atoms with Crippen molar-refractivity contribution in [2.75, 3.05) is 19.6 Å². The maximum atomic E-state index is 9.55. The highest BCUT2D eigenvalue weighted by Crippen LogP contribution is 2.27. The minimum atomic E-state index is -1.26. The molecule has 1 aromatic carbocycles. The molecule has 3 rings (SSSR count). The molecule has 1 aromatic rings. The molecule has 6 nitrogen and oxygen atoms in total. The van der Waals surface area contributed by atoms with Crippen LogP contribution in [0.15, 0.2) is 36.4 Å². The second-order valence-corrected chi connectivity index (χ2v) is 8.09. The molecule has 1 saturated heterocycles. The third-order valence-corrected chi connectivity index (χ3v) is 5.84. The molecule has 0 unspecified atom stereocenters. The second-order valence-electron chi connectivity index (χ2n) is 7.68. The van der Waals surface area contributed by atoms with Gasteiger partial charge in [0.2, 0.25) is 0 Å². The van der Waals surface area contributed by atoms with Crippen LogP contribution in [0.4, 0.5) is 0 Å². The number of hydrogen-bond acceptors (Lipinski definition) is 4. The molecule has 0 spiro atoms. The molecule has 1 saturated carbocycles. The van der Waals surface area contributed by atoms with Crippen LogP contribution in [0, 0.1) is 5.92 Å². The number of nitrogens with one attached hydrogen (secondary N) is 1. The molecule has 1 aliphatic carbocycles. The van der Waals surface area contributed by atoms with Gasteiger partial charge in [0.15, 0.2) is 0 Å². The van der Waals surface area contributed by atoms with Crippen molar-refractivity contribution in [2.45, 2.75) is 51.1 Å². The van der Waals surface area contributed by atoms with Gasteiger partial charge in [0, 0.05) is 42.9 Å². The summed E-state index contributed by atoms with van der Waals surface area (Å²) in [5.74, 6) is -1.62. The zero-order chi connectivity index (χ0) is 21.1. The summed E-state index contributed by atoms with van der Waals surface area (Å²) in [7, 11) is 0. The van der Waals surface area contributed by atoms with Gasteiger partial charge >= 0.3 is 11.9 Å². The minimum Gasteiger partial charge on any atom is -0.478 e. The van der Waals surface area contributed by atoms with Crippen LogP contribution >= 0.6 is 11.6 Å². The van der Waals surface area contributed by atoms with Gasteiger partial charge in [0.25, 0.3) is 0 Å². The molecule has 2 fully saturated rings. The molecule has 1 heterocycles. The Morgan fingerprint density at radius 3 is 2.28 bits per heavy atom. The predicted molar refractivity (Wildman–Crippen MR) is 114 cm³/mol. The first-order chi connectivity index (χ1) is 14.0. The summed E-state index contributed by atoms with van der Waals surface area (Å²) < 4.78 is 0. The first-order valence-corrected chi connectivity index (χ1v) is 10.7. The van der Waals surface area contributed by atoms with Crippen LogP contribution in [0.25, 0.3) is 0 Å². The summed E-state index contributed by atoms with van der Waals surface area (Å²) in [6.07, 6.45) is 9.51. The molecule has 1 aliphatic heterocycles. The average Bonchev–Trinajstić information content (AvgIpc) is 3.24. The normalized spacial score (nSPS) is 19.9. The zero-order valence-electron chi connectivity index (χ0n) is 16.7. The van der Waals surface area contributed by atoms with Gasteiger partial charge in [-0.1, -0.05) is 49.1 Å². The molecule has 0 radical (unpaired) electrons. The van der Waals surface area contributed by atoms with Crippen molar-refractivity contribution in [1.29, 1.82) is 0 Å². The minimum absolute atomic E-state index is 0.558. The largest absolute Gasteiger partial charge is 0.478 e. The molecule has 3 N–H and O–H groups in total. The van der Waals surface area contributed by atoms with E-state index in [1.807, 2.05) is 12.1 Å². The lowest BCUT2D eigenvalue weighted by Gasteiger charge is -2.34. The average molecular weight is 423 g/mol. The first-order valence-electron chi connectivity index (χ1n) is 10.3. The Bertz CT molecular complexity index is 667. The van der Waals surface area contributed by atoms with E-state index in [0.717, 1.165) is 30.6 Å². The predicted octanol–water partition coefficient (Wildman–Crippen LogP) is 3.80. The smallest absolute Gasteiger partial charge is 0.328 e. The quantitative estimate of drug-likeness (QED) is 0.579. The van der Waals surface area contributed by atoms with Gasteiger partial charge in [-0.25, -0.2) is 9.59 Å². The molecule has 0 aromatic heterocycles. The Labute approximate surface area is 177 Å². The van der Waals surface area contributed by atoms with E-state index in [1.54, 1.807) is 0 Å². The van der Waals surface area contributed by atoms with E-state index in [2.05, 4.69) is 22.3 Å². The molecule has 160 valence electrons. The van der Waals surface area contributed by atoms with E-state index >= 15 is 0 Å². The maximum absolute atomic E-state index is 9.55. The molecule has 1 atom stereocenters. The Morgan fingerprint density at radius 1 is 1.07 bits per heavy atom. The van der Waals surface area contributed by atoms with Crippen molar-refractivity contribution in [1.82, 2.24) is 10.2 Å². The highest BCUT2D eigenvalue weighted by atomic mass is 35.5. The second kappa shape index (κ2) is 12.6. The molecule has 2 aliphatic rings. The van der Waals surface area contributed by atoms with Crippen molar-refractivity contribution in [3.8, 4) is 0 Å². The lowest BCUT2D eigenvalue weighted by atomic mass is 9.88. The number of halogens is 1. The summed E-state index contributed by atoms with van der Waals surface area (Å²) in [5.41, 5.74) is 1.28. The molecule has 29 heavy (non-hydrogen) atoms. The number of aliphatic carboxylic acids is 2. The molecule has 7 heteroatoms. The first kappa shape index (κ1) is 23.4. The summed E-state index contributed by atoms with van der Waals surface area (Å²) in [4.78, 5) is 21.8. The third kappa shape index (κ3) is 8.98. The van der Waals surface area contributed by atoms with Crippen LogP contribution in [0.3, 0.4) is 0 Å². The van der Waals surface area contributed by atoms with E-state index in [4.69, 9.17) is 21.8 Å². The van der Waals surface area contributed by atoms with Gasteiger partial charge in [0.1, 0.15) is 0 Å². The van der Waals surface area contributed by atoms with E-state index in [0.29, 0.717) is 18.2 Å². The Balaban J connectivity index is 0.000000321. The van der Waals surface area contributed by atoms with Crippen LogP contribution in [0.5, 0.6) is 0 Å². The standard InChI is InChI=1S/C18H27ClN2.C4H4O4/c19-18-9-5-4-8-16(18)14-21(17-10-11-20-12-17)13-15-6-2-1-3-7-15;5-3(6)1-2-4(7)8/h4-5,8-9,15,17,20H,1-3,6-7,10-14H2;1-2H,(H,5,6)(H,7,8)/b;2-1+/t17-;/m0./s1. The Morgan fingerprint density at radius 2 is 1.72 bits per heavy atom. The van der Waals surface area contributed by atoms with Crippen molar-refractivity contribution in [3.05, 3.63) is 47.0 Å². The molecular weight excluding hydrogens is 392 g/mol. The highest BCUT2D eigenvalue weighted by molar-refractivity contribution is 6.31. The summed E-state index contributed by atoms with van der Waals surface area (Å²) in [6, 6.07) is 9.01. The highest BCUT2D eigenvalue weighted by Gasteiger charge is 2.26. The van der Waals surface area contributed by atoms with Crippen molar-refractivity contribution in [2.24, 2.45) is 5.92 Å². The van der Waals surface area contributed by atoms with Crippen LogP contribution in [0.1, 0.15) is 44.1 Å². The van der Waals surface area contributed by atoms with Crippen molar-refractivity contribution >= 4 is 23.5 Å². The van der Waals surface area contributed by atoms with Crippen LogP contribution in [-0.4, -0.2) is 52.7 Å². The van der Waals surface area contributed by atoms with E-state index in [1.165, 1.54) is 50.6 Å². The topological polar surface area (TPSA) is 89.9 Å². The lowest BCUT2D eigenvalue weighted by Crippen LogP contribution is -2.40. The maximum Gasteiger partial charge on any atom is 0.328 e. The van der Waals surface area contributed by atoms with Gasteiger partial charge in [0.05, 0.1) is 0 Å². The number of rotatable bonds is 7. The van der Waals surface area contributed by atoms with Gasteiger partial charge in [-0.2, -0.15) is 0 Å².